The molecule has 0 N–H and O–H groups in total. The third-order valence-electron chi connectivity index (χ3n) is 6.95. The lowest BCUT2D eigenvalue weighted by Crippen LogP contribution is -2.60. The van der Waals surface area contributed by atoms with Gasteiger partial charge in [-0.3, -0.25) is 0 Å². The van der Waals surface area contributed by atoms with E-state index < -0.39 is 22.7 Å². The fraction of sp³-hybridized carbons (Fsp3) is 0.857. The third kappa shape index (κ3) is 2.72. The lowest BCUT2D eigenvalue weighted by Gasteiger charge is -2.59. The Kier molecular flexibility index (Phi) is 4.17. The Balaban J connectivity index is 1.86. The van der Waals surface area contributed by atoms with Gasteiger partial charge in [0.1, 0.15) is 5.60 Å². The molecule has 1 unspecified atom stereocenters. The molecule has 136 valence electrons. The van der Waals surface area contributed by atoms with E-state index in [1.165, 1.54) is 12.5 Å². The van der Waals surface area contributed by atoms with Crippen LogP contribution in [0.25, 0.3) is 0 Å². The summed E-state index contributed by atoms with van der Waals surface area (Å²) in [6.45, 7) is 11.0. The molecule has 0 spiro atoms. The van der Waals surface area contributed by atoms with Crippen molar-refractivity contribution in [3.8, 4) is 0 Å². The molecule has 0 radical (unpaired) electrons. The summed E-state index contributed by atoms with van der Waals surface area (Å²) in [6.07, 6.45) is 7.39. The summed E-state index contributed by atoms with van der Waals surface area (Å²) in [4.78, 5) is 13.0. The molecule has 4 aliphatic rings. The fourth-order valence-electron chi connectivity index (χ4n) is 5.54. The summed E-state index contributed by atoms with van der Waals surface area (Å²) in [5.74, 6) is 1.73. The van der Waals surface area contributed by atoms with E-state index in [0.29, 0.717) is 11.8 Å². The summed E-state index contributed by atoms with van der Waals surface area (Å²) in [6, 6.07) is 0. The molecule has 4 rings (SSSR count). The predicted octanol–water partition coefficient (Wildman–Crippen LogP) is 5.47. The molecule has 0 aliphatic heterocycles. The van der Waals surface area contributed by atoms with Crippen LogP contribution in [0.1, 0.15) is 73.6 Å². The second-order valence-corrected chi connectivity index (χ2v) is 10.1. The molecule has 0 aromatic carbocycles. The van der Waals surface area contributed by atoms with Gasteiger partial charge in [-0.05, 0) is 82.6 Å². The van der Waals surface area contributed by atoms with Gasteiger partial charge < -0.3 is 4.74 Å². The molecule has 3 heteroatoms. The molecule has 1 atom stereocenters. The van der Waals surface area contributed by atoms with Crippen molar-refractivity contribution in [2.45, 2.75) is 84.9 Å². The minimum absolute atomic E-state index is 0.411. The lowest BCUT2D eigenvalue weighted by molar-refractivity contribution is -0.215. The average molecular weight is 336 g/mol. The van der Waals surface area contributed by atoms with E-state index >= 15 is 4.39 Å². The van der Waals surface area contributed by atoms with E-state index in [0.717, 1.165) is 43.1 Å². The SMILES string of the molecule is CC(C)=CC(F)(C(=O)OC1(C)C2CC3CC(C2)CC1C3)C(C)(C)C. The summed E-state index contributed by atoms with van der Waals surface area (Å²) in [5, 5.41) is 0. The molecule has 0 saturated heterocycles. The summed E-state index contributed by atoms with van der Waals surface area (Å²) < 4.78 is 21.8. The van der Waals surface area contributed by atoms with Gasteiger partial charge in [-0.1, -0.05) is 26.3 Å². The minimum atomic E-state index is -2.08. The van der Waals surface area contributed by atoms with Gasteiger partial charge in [0, 0.05) is 5.41 Å². The lowest BCUT2D eigenvalue weighted by atomic mass is 9.50. The van der Waals surface area contributed by atoms with Crippen LogP contribution in [0, 0.1) is 29.1 Å². The molecule has 4 aliphatic carbocycles. The monoisotopic (exact) mass is 336 g/mol. The summed E-state index contributed by atoms with van der Waals surface area (Å²) in [5.41, 5.74) is -2.59. The van der Waals surface area contributed by atoms with Crippen LogP contribution in [-0.4, -0.2) is 17.2 Å². The number of ether oxygens (including phenoxy) is 1. The van der Waals surface area contributed by atoms with Crippen LogP contribution in [0.5, 0.6) is 0 Å². The summed E-state index contributed by atoms with van der Waals surface area (Å²) >= 11 is 0. The number of rotatable bonds is 3. The van der Waals surface area contributed by atoms with E-state index in [9.17, 15) is 4.79 Å². The van der Waals surface area contributed by atoms with Crippen molar-refractivity contribution >= 4 is 5.97 Å². The van der Waals surface area contributed by atoms with Gasteiger partial charge in [0.25, 0.3) is 0 Å². The van der Waals surface area contributed by atoms with E-state index in [1.54, 1.807) is 20.8 Å². The molecule has 2 nitrogen and oxygen atoms in total. The van der Waals surface area contributed by atoms with Crippen molar-refractivity contribution in [3.05, 3.63) is 11.6 Å². The van der Waals surface area contributed by atoms with Crippen LogP contribution >= 0.6 is 0 Å². The first-order valence-corrected chi connectivity index (χ1v) is 9.54. The first-order valence-electron chi connectivity index (χ1n) is 9.54. The Morgan fingerprint density at radius 2 is 1.50 bits per heavy atom. The molecule has 4 saturated carbocycles. The number of allylic oxidation sites excluding steroid dienone is 1. The number of alkyl halides is 1. The number of esters is 1. The first kappa shape index (κ1) is 17.9. The standard InChI is InChI=1S/C21H33FO2/c1-13(2)12-21(22,19(3,4)5)18(23)24-20(6)16-8-14-7-15(10-16)11-17(20)9-14/h12,14-17H,7-11H2,1-6H3. The van der Waals surface area contributed by atoms with Gasteiger partial charge >= 0.3 is 5.97 Å². The van der Waals surface area contributed by atoms with Crippen molar-refractivity contribution < 1.29 is 13.9 Å². The average Bonchev–Trinajstić information content (AvgIpc) is 2.42. The largest absolute Gasteiger partial charge is 0.456 e. The van der Waals surface area contributed by atoms with Crippen molar-refractivity contribution in [1.29, 1.82) is 0 Å². The van der Waals surface area contributed by atoms with Crippen molar-refractivity contribution in [1.82, 2.24) is 0 Å². The molecule has 0 heterocycles. The highest BCUT2D eigenvalue weighted by Crippen LogP contribution is 2.60. The zero-order valence-corrected chi connectivity index (χ0v) is 16.1. The quantitative estimate of drug-likeness (QED) is 0.505. The highest BCUT2D eigenvalue weighted by molar-refractivity contribution is 5.83. The maximum absolute atomic E-state index is 15.8. The van der Waals surface area contributed by atoms with Gasteiger partial charge in [-0.15, -0.1) is 0 Å². The van der Waals surface area contributed by atoms with Gasteiger partial charge in [0.2, 0.25) is 5.67 Å². The minimum Gasteiger partial charge on any atom is -0.456 e. The van der Waals surface area contributed by atoms with E-state index in [2.05, 4.69) is 6.92 Å². The van der Waals surface area contributed by atoms with Crippen LogP contribution in [-0.2, 0) is 9.53 Å². The molecule has 24 heavy (non-hydrogen) atoms. The zero-order chi connectivity index (χ0) is 17.9. The zero-order valence-electron chi connectivity index (χ0n) is 16.1. The van der Waals surface area contributed by atoms with Gasteiger partial charge in [-0.2, -0.15) is 0 Å². The smallest absolute Gasteiger partial charge is 0.349 e. The molecule has 0 amide bonds. The van der Waals surface area contributed by atoms with E-state index in [1.807, 2.05) is 13.8 Å². The number of halogens is 1. The second kappa shape index (κ2) is 5.57. The molecule has 4 fully saturated rings. The van der Waals surface area contributed by atoms with Crippen LogP contribution < -0.4 is 0 Å². The first-order chi connectivity index (χ1) is 11.0. The normalized spacial score (nSPS) is 40.1. The van der Waals surface area contributed by atoms with Crippen LogP contribution in [0.15, 0.2) is 11.6 Å². The Bertz CT molecular complexity index is 525. The highest BCUT2D eigenvalue weighted by atomic mass is 19.1. The summed E-state index contributed by atoms with van der Waals surface area (Å²) in [7, 11) is 0. The van der Waals surface area contributed by atoms with Crippen molar-refractivity contribution in [2.24, 2.45) is 29.1 Å². The van der Waals surface area contributed by atoms with Crippen LogP contribution in [0.2, 0.25) is 0 Å². The number of hydrogen-bond acceptors (Lipinski definition) is 2. The predicted molar refractivity (Wildman–Crippen MR) is 94.3 cm³/mol. The fourth-order valence-corrected chi connectivity index (χ4v) is 5.54. The van der Waals surface area contributed by atoms with E-state index in [4.69, 9.17) is 4.74 Å². The van der Waals surface area contributed by atoms with Gasteiger partial charge in [-0.25, -0.2) is 9.18 Å². The Labute approximate surface area is 146 Å². The van der Waals surface area contributed by atoms with Crippen molar-refractivity contribution in [3.63, 3.8) is 0 Å². The second-order valence-electron chi connectivity index (χ2n) is 10.1. The topological polar surface area (TPSA) is 26.3 Å². The number of carbonyl (C=O) groups is 1. The molecular formula is C21H33FO2. The maximum atomic E-state index is 15.8. The maximum Gasteiger partial charge on any atom is 0.349 e. The Hall–Kier alpha value is -0.860. The van der Waals surface area contributed by atoms with Crippen LogP contribution in [0.4, 0.5) is 4.39 Å². The highest BCUT2D eigenvalue weighted by Gasteiger charge is 2.59. The van der Waals surface area contributed by atoms with Gasteiger partial charge in [0.05, 0.1) is 0 Å². The third-order valence-corrected chi connectivity index (χ3v) is 6.95. The molecule has 4 bridgehead atoms. The Morgan fingerprint density at radius 3 is 1.88 bits per heavy atom. The number of carbonyl (C=O) groups excluding carboxylic acids is 1. The molecule has 0 aromatic heterocycles. The van der Waals surface area contributed by atoms with Gasteiger partial charge in [0.15, 0.2) is 0 Å². The molecular weight excluding hydrogens is 303 g/mol. The Morgan fingerprint density at radius 1 is 1.04 bits per heavy atom. The van der Waals surface area contributed by atoms with Crippen molar-refractivity contribution in [2.75, 3.05) is 0 Å². The number of hydrogen-bond donors (Lipinski definition) is 0. The molecule has 0 aromatic rings. The van der Waals surface area contributed by atoms with Crippen LogP contribution in [0.3, 0.4) is 0 Å². The van der Waals surface area contributed by atoms with E-state index in [-0.39, 0.29) is 0 Å².